The molecule has 4 aliphatic rings. The number of hydrogen-bond acceptors (Lipinski definition) is 4. The maximum atomic E-state index is 10.9. The highest BCUT2D eigenvalue weighted by Crippen LogP contribution is 2.58. The number of halogens is 1. The van der Waals surface area contributed by atoms with E-state index in [1.807, 2.05) is 35.6 Å². The number of ether oxygens (including phenoxy) is 1. The van der Waals surface area contributed by atoms with Crippen LogP contribution in [0.25, 0.3) is 0 Å². The number of benzene rings is 1. The molecule has 0 amide bonds. The van der Waals surface area contributed by atoms with Crippen molar-refractivity contribution in [2.75, 3.05) is 13.2 Å². The lowest BCUT2D eigenvalue weighted by Gasteiger charge is -2.61. The first-order valence-corrected chi connectivity index (χ1v) is 12.6. The van der Waals surface area contributed by atoms with Crippen LogP contribution in [0.4, 0.5) is 0 Å². The summed E-state index contributed by atoms with van der Waals surface area (Å²) < 4.78 is 5.86. The van der Waals surface area contributed by atoms with Gasteiger partial charge in [-0.05, 0) is 79.4 Å². The van der Waals surface area contributed by atoms with Gasteiger partial charge < -0.3 is 9.84 Å². The summed E-state index contributed by atoms with van der Waals surface area (Å²) in [4.78, 5) is 4.03. The molecule has 0 aliphatic heterocycles. The first-order valence-electron chi connectivity index (χ1n) is 11.4. The van der Waals surface area contributed by atoms with Crippen LogP contribution in [0, 0.1) is 17.8 Å². The van der Waals surface area contributed by atoms with E-state index in [0.717, 1.165) is 34.9 Å². The molecule has 6 rings (SSSR count). The Hall–Kier alpha value is -0.910. The minimum Gasteiger partial charge on any atom is -0.389 e. The summed E-state index contributed by atoms with van der Waals surface area (Å²) in [6, 6.07) is 12.1. The molecule has 1 aromatic heterocycles. The molecule has 5 heteroatoms. The zero-order chi connectivity index (χ0) is 20.6. The zero-order valence-corrected chi connectivity index (χ0v) is 19.1. The molecule has 4 saturated carbocycles. The number of aliphatic hydroxyl groups excluding tert-OH is 1. The van der Waals surface area contributed by atoms with Crippen molar-refractivity contribution in [3.63, 3.8) is 0 Å². The van der Waals surface area contributed by atoms with Crippen LogP contribution in [0.2, 0.25) is 5.02 Å². The lowest BCUT2D eigenvalue weighted by molar-refractivity contribution is -0.108. The third-order valence-electron chi connectivity index (χ3n) is 7.56. The summed E-state index contributed by atoms with van der Waals surface area (Å²) >= 11 is 8.06. The van der Waals surface area contributed by atoms with Crippen molar-refractivity contribution < 1.29 is 9.84 Å². The Morgan fingerprint density at radius 1 is 1.07 bits per heavy atom. The third-order valence-corrected chi connectivity index (χ3v) is 8.79. The Balaban J connectivity index is 1.25. The van der Waals surface area contributed by atoms with E-state index in [1.54, 1.807) is 0 Å². The fraction of sp³-hybridized carbons (Fsp3) is 0.600. The number of hydrogen-bond donors (Lipinski definition) is 1. The van der Waals surface area contributed by atoms with Gasteiger partial charge in [0.25, 0.3) is 0 Å². The number of aliphatic hydroxyl groups is 1. The topological polar surface area (TPSA) is 32.7 Å². The minimum absolute atomic E-state index is 0.280. The largest absolute Gasteiger partial charge is 0.389 e. The van der Waals surface area contributed by atoms with Crippen LogP contribution < -0.4 is 0 Å². The van der Waals surface area contributed by atoms with E-state index in [0.29, 0.717) is 19.8 Å². The van der Waals surface area contributed by atoms with Crippen LogP contribution in [0.15, 0.2) is 41.8 Å². The Kier molecular flexibility index (Phi) is 6.23. The molecule has 0 radical (unpaired) electrons. The van der Waals surface area contributed by atoms with Gasteiger partial charge >= 0.3 is 0 Å². The van der Waals surface area contributed by atoms with Gasteiger partial charge in [0.15, 0.2) is 0 Å². The lowest BCUT2D eigenvalue weighted by atomic mass is 9.52. The van der Waals surface area contributed by atoms with Crippen LogP contribution in [-0.2, 0) is 17.9 Å². The molecule has 0 saturated heterocycles. The average Bonchev–Trinajstić information content (AvgIpc) is 3.21. The van der Waals surface area contributed by atoms with Crippen LogP contribution in [-0.4, -0.2) is 34.8 Å². The van der Waals surface area contributed by atoms with Crippen molar-refractivity contribution in [1.29, 1.82) is 0 Å². The van der Waals surface area contributed by atoms with Crippen molar-refractivity contribution in [3.8, 4) is 0 Å². The lowest BCUT2D eigenvalue weighted by Crippen LogP contribution is -2.61. The highest BCUT2D eigenvalue weighted by atomic mass is 35.5. The Labute approximate surface area is 189 Å². The van der Waals surface area contributed by atoms with E-state index >= 15 is 0 Å². The molecule has 162 valence electrons. The second-order valence-corrected chi connectivity index (χ2v) is 11.3. The smallest absolute Gasteiger partial charge is 0.0900 e. The SMILES string of the molecule is OC(COCc1ccccc1Cl)CN(Cc1cccs1)C12CC3CC(CC(C3)C1)C2. The van der Waals surface area contributed by atoms with Crippen molar-refractivity contribution in [2.45, 2.75) is 63.3 Å². The molecule has 2 aromatic rings. The standard InChI is InChI=1S/C25H32ClNO2S/c26-24-6-2-1-4-21(24)16-29-17-22(28)14-27(15-23-5-3-7-30-23)25-11-18-8-19(12-25)10-20(9-18)13-25/h1-7,18-20,22,28H,8-17H2. The van der Waals surface area contributed by atoms with Gasteiger partial charge in [-0.15, -0.1) is 11.3 Å². The van der Waals surface area contributed by atoms with E-state index in [-0.39, 0.29) is 5.54 Å². The van der Waals surface area contributed by atoms with Gasteiger partial charge in [0, 0.05) is 28.5 Å². The molecule has 1 N–H and O–H groups in total. The molecule has 0 spiro atoms. The fourth-order valence-electron chi connectivity index (χ4n) is 6.70. The van der Waals surface area contributed by atoms with Crippen molar-refractivity contribution in [1.82, 2.24) is 4.90 Å². The Bertz CT molecular complexity index is 804. The summed E-state index contributed by atoms with van der Waals surface area (Å²) in [7, 11) is 0. The monoisotopic (exact) mass is 445 g/mol. The predicted molar refractivity (Wildman–Crippen MR) is 123 cm³/mol. The molecule has 30 heavy (non-hydrogen) atoms. The van der Waals surface area contributed by atoms with E-state index in [9.17, 15) is 5.11 Å². The van der Waals surface area contributed by atoms with E-state index in [4.69, 9.17) is 16.3 Å². The van der Waals surface area contributed by atoms with E-state index in [1.165, 1.54) is 43.4 Å². The average molecular weight is 446 g/mol. The van der Waals surface area contributed by atoms with E-state index in [2.05, 4.69) is 22.4 Å². The number of nitrogens with zero attached hydrogens (tertiary/aromatic N) is 1. The van der Waals surface area contributed by atoms with Gasteiger partial charge in [0.2, 0.25) is 0 Å². The van der Waals surface area contributed by atoms with Crippen molar-refractivity contribution in [3.05, 3.63) is 57.2 Å². The minimum atomic E-state index is -0.486. The van der Waals surface area contributed by atoms with Crippen molar-refractivity contribution >= 4 is 22.9 Å². The molecule has 1 aromatic carbocycles. The quantitative estimate of drug-likeness (QED) is 0.533. The van der Waals surface area contributed by atoms with Crippen LogP contribution >= 0.6 is 22.9 Å². The third kappa shape index (κ3) is 4.49. The molecule has 3 nitrogen and oxygen atoms in total. The summed E-state index contributed by atoms with van der Waals surface area (Å²) in [5.41, 5.74) is 1.26. The summed E-state index contributed by atoms with van der Waals surface area (Å²) in [6.45, 7) is 2.43. The Morgan fingerprint density at radius 2 is 1.77 bits per heavy atom. The van der Waals surface area contributed by atoms with E-state index < -0.39 is 6.10 Å². The molecule has 1 atom stereocenters. The molecule has 4 bridgehead atoms. The molecule has 4 fully saturated rings. The first kappa shape index (κ1) is 21.0. The predicted octanol–water partition coefficient (Wildman–Crippen LogP) is 5.75. The summed E-state index contributed by atoms with van der Waals surface area (Å²) in [5, 5.41) is 13.8. The maximum Gasteiger partial charge on any atom is 0.0900 e. The summed E-state index contributed by atoms with van der Waals surface area (Å²) in [6.07, 6.45) is 7.79. The van der Waals surface area contributed by atoms with Gasteiger partial charge in [0.05, 0.1) is 19.3 Å². The normalized spacial score (nSPS) is 30.8. The number of thiophene rings is 1. The Morgan fingerprint density at radius 3 is 2.40 bits per heavy atom. The molecule has 1 heterocycles. The molecular formula is C25H32ClNO2S. The van der Waals surface area contributed by atoms with Gasteiger partial charge in [-0.1, -0.05) is 35.9 Å². The number of β-amino-alcohol motifs (C(OH)–C–C–N with tert-alkyl or cyclic N) is 1. The van der Waals surface area contributed by atoms with Crippen molar-refractivity contribution in [2.24, 2.45) is 17.8 Å². The van der Waals surface area contributed by atoms with Gasteiger partial charge in [0.1, 0.15) is 0 Å². The molecule has 1 unspecified atom stereocenters. The highest BCUT2D eigenvalue weighted by molar-refractivity contribution is 7.09. The molecule has 4 aliphatic carbocycles. The summed E-state index contributed by atoms with van der Waals surface area (Å²) in [5.74, 6) is 2.70. The van der Waals surface area contributed by atoms with Gasteiger partial charge in [-0.2, -0.15) is 0 Å². The van der Waals surface area contributed by atoms with Crippen LogP contribution in [0.3, 0.4) is 0 Å². The first-order chi connectivity index (χ1) is 14.6. The maximum absolute atomic E-state index is 10.9. The molecular weight excluding hydrogens is 414 g/mol. The fourth-order valence-corrected chi connectivity index (χ4v) is 7.61. The second kappa shape index (κ2) is 8.91. The van der Waals surface area contributed by atoms with Gasteiger partial charge in [-0.25, -0.2) is 0 Å². The van der Waals surface area contributed by atoms with Gasteiger partial charge in [-0.3, -0.25) is 4.90 Å². The van der Waals surface area contributed by atoms with Crippen LogP contribution in [0.1, 0.15) is 49.0 Å². The second-order valence-electron chi connectivity index (χ2n) is 9.86. The zero-order valence-electron chi connectivity index (χ0n) is 17.5. The highest BCUT2D eigenvalue weighted by Gasteiger charge is 2.53. The van der Waals surface area contributed by atoms with Crippen LogP contribution in [0.5, 0.6) is 0 Å². The number of rotatable bonds is 9.